The first kappa shape index (κ1) is 20.7. The van der Waals surface area contributed by atoms with E-state index < -0.39 is 23.4 Å². The summed E-state index contributed by atoms with van der Waals surface area (Å²) in [6.45, 7) is 4.33. The van der Waals surface area contributed by atoms with Crippen LogP contribution in [0.3, 0.4) is 0 Å². The normalized spacial score (nSPS) is 15.2. The van der Waals surface area contributed by atoms with Gasteiger partial charge in [-0.2, -0.15) is 0 Å². The van der Waals surface area contributed by atoms with Crippen LogP contribution >= 0.6 is 0 Å². The fourth-order valence-corrected chi connectivity index (χ4v) is 4.26. The second kappa shape index (κ2) is 7.73. The van der Waals surface area contributed by atoms with Crippen LogP contribution in [0.2, 0.25) is 0 Å². The van der Waals surface area contributed by atoms with Crippen molar-refractivity contribution in [3.8, 4) is 5.75 Å². The van der Waals surface area contributed by atoms with Gasteiger partial charge in [0.25, 0.3) is 0 Å². The molecule has 4 aromatic rings. The van der Waals surface area contributed by atoms with Gasteiger partial charge in [0.15, 0.2) is 0 Å². The summed E-state index contributed by atoms with van der Waals surface area (Å²) in [6, 6.07) is 8.08. The molecular weight excluding hydrogens is 430 g/mol. The molecule has 2 aromatic heterocycles. The summed E-state index contributed by atoms with van der Waals surface area (Å²) < 4.78 is 38.5. The molecule has 0 spiro atoms. The number of aromatic nitrogens is 4. The molecule has 1 aliphatic rings. The van der Waals surface area contributed by atoms with Gasteiger partial charge < -0.3 is 15.5 Å². The Morgan fingerprint density at radius 2 is 2.15 bits per heavy atom. The summed E-state index contributed by atoms with van der Waals surface area (Å²) in [7, 11) is 1.54. The first-order valence-corrected chi connectivity index (χ1v) is 10.2. The van der Waals surface area contributed by atoms with Gasteiger partial charge in [-0.05, 0) is 24.3 Å². The summed E-state index contributed by atoms with van der Waals surface area (Å²) in [5.41, 5.74) is 1.18. The van der Waals surface area contributed by atoms with E-state index >= 15 is 0 Å². The molecule has 0 saturated heterocycles. The summed E-state index contributed by atoms with van der Waals surface area (Å²) in [4.78, 5) is 17.5. The molecule has 8 nitrogen and oxygen atoms in total. The summed E-state index contributed by atoms with van der Waals surface area (Å²) in [5.74, 6) is 0.0147. The minimum atomic E-state index is -0.658. The average molecular weight is 450 g/mol. The first-order valence-electron chi connectivity index (χ1n) is 10.2. The number of hydrogen-bond donors (Lipinski definition) is 2. The van der Waals surface area contributed by atoms with E-state index in [9.17, 15) is 13.6 Å². The molecule has 3 heterocycles. The van der Waals surface area contributed by atoms with Gasteiger partial charge in [-0.15, -0.1) is 0 Å². The van der Waals surface area contributed by atoms with E-state index in [-0.39, 0.29) is 22.9 Å². The van der Waals surface area contributed by atoms with Crippen molar-refractivity contribution >= 4 is 28.9 Å². The number of rotatable bonds is 5. The Labute approximate surface area is 186 Å². The number of ether oxygens (including phenoxy) is 1. The standard InChI is InChI=1S/C23H20F2N6O2/c1-13(30-12-27-16-7-6-14(24)10-18(16)30)28-22-19(11-26)29(2)23(32)31(22)17-8-9-33-20-5-3-4-15(25)21(17)20/h3-7,10-12,17,26,28H,1,8-9H2,2H3/t17-/m1/s1. The molecule has 33 heavy (non-hydrogen) atoms. The van der Waals surface area contributed by atoms with Crippen LogP contribution in [0.5, 0.6) is 5.75 Å². The predicted octanol–water partition coefficient (Wildman–Crippen LogP) is 3.72. The van der Waals surface area contributed by atoms with E-state index in [1.807, 2.05) is 0 Å². The van der Waals surface area contributed by atoms with E-state index in [1.165, 1.54) is 40.7 Å². The number of nitrogens with zero attached hydrogens (tertiary/aromatic N) is 4. The maximum Gasteiger partial charge on any atom is 0.330 e. The molecule has 1 aliphatic heterocycles. The van der Waals surface area contributed by atoms with Crippen molar-refractivity contribution in [1.29, 1.82) is 5.41 Å². The van der Waals surface area contributed by atoms with Crippen molar-refractivity contribution in [2.45, 2.75) is 12.5 Å². The molecule has 0 unspecified atom stereocenters. The van der Waals surface area contributed by atoms with Gasteiger partial charge >= 0.3 is 5.69 Å². The number of fused-ring (bicyclic) bond motifs is 2. The molecule has 168 valence electrons. The van der Waals surface area contributed by atoms with Crippen molar-refractivity contribution in [1.82, 2.24) is 18.7 Å². The zero-order valence-electron chi connectivity index (χ0n) is 17.7. The number of halogens is 2. The molecule has 2 N–H and O–H groups in total. The number of hydrogen-bond acceptors (Lipinski definition) is 5. The molecular formula is C23H20F2N6O2. The van der Waals surface area contributed by atoms with E-state index in [0.29, 0.717) is 29.8 Å². The first-order chi connectivity index (χ1) is 15.9. The lowest BCUT2D eigenvalue weighted by molar-refractivity contribution is 0.249. The zero-order valence-corrected chi connectivity index (χ0v) is 17.7. The Kier molecular flexibility index (Phi) is 4.85. The quantitative estimate of drug-likeness (QED) is 0.454. The minimum Gasteiger partial charge on any atom is -0.493 e. The molecule has 5 rings (SSSR count). The Balaban J connectivity index is 1.64. The van der Waals surface area contributed by atoms with Crippen LogP contribution in [0.25, 0.3) is 16.9 Å². The van der Waals surface area contributed by atoms with Gasteiger partial charge in [0.2, 0.25) is 0 Å². The largest absolute Gasteiger partial charge is 0.493 e. The summed E-state index contributed by atoms with van der Waals surface area (Å²) in [6.07, 6.45) is 2.88. The van der Waals surface area contributed by atoms with Crippen LogP contribution in [0.1, 0.15) is 23.7 Å². The molecule has 0 bridgehead atoms. The molecule has 10 heteroatoms. The van der Waals surface area contributed by atoms with Crippen molar-refractivity contribution in [3.63, 3.8) is 0 Å². The molecule has 2 aromatic carbocycles. The molecule has 0 aliphatic carbocycles. The Morgan fingerprint density at radius 3 is 2.94 bits per heavy atom. The third kappa shape index (κ3) is 3.22. The van der Waals surface area contributed by atoms with Crippen molar-refractivity contribution < 1.29 is 13.5 Å². The molecule has 1 atom stereocenters. The lowest BCUT2D eigenvalue weighted by Gasteiger charge is -2.28. The Morgan fingerprint density at radius 1 is 1.33 bits per heavy atom. The van der Waals surface area contributed by atoms with Gasteiger partial charge in [0, 0.05) is 25.7 Å². The van der Waals surface area contributed by atoms with Crippen molar-refractivity contribution in [3.05, 3.63) is 82.7 Å². The second-order valence-corrected chi connectivity index (χ2v) is 7.71. The van der Waals surface area contributed by atoms with Crippen LogP contribution in [0, 0.1) is 17.0 Å². The van der Waals surface area contributed by atoms with E-state index in [0.717, 1.165) is 6.21 Å². The minimum absolute atomic E-state index is 0.266. The van der Waals surface area contributed by atoms with Crippen LogP contribution in [-0.4, -0.2) is 31.5 Å². The molecule has 0 amide bonds. The Bertz CT molecular complexity index is 1480. The topological polar surface area (TPSA) is 89.9 Å². The third-order valence-corrected chi connectivity index (χ3v) is 5.84. The SMILES string of the molecule is C=C(Nc1c(C=N)n(C)c(=O)n1[C@@H]1CCOc2cccc(F)c21)n1cnc2ccc(F)cc21. The number of imidazole rings is 2. The molecule has 0 radical (unpaired) electrons. The van der Waals surface area contributed by atoms with Gasteiger partial charge in [0.1, 0.15) is 41.0 Å². The van der Waals surface area contributed by atoms with Gasteiger partial charge in [-0.3, -0.25) is 13.7 Å². The predicted molar refractivity (Wildman–Crippen MR) is 121 cm³/mol. The van der Waals surface area contributed by atoms with E-state index in [4.69, 9.17) is 10.1 Å². The molecule has 0 saturated carbocycles. The number of nitrogens with one attached hydrogen (secondary N) is 2. The van der Waals surface area contributed by atoms with Crippen molar-refractivity contribution in [2.24, 2.45) is 7.05 Å². The maximum atomic E-state index is 14.8. The molecule has 0 fully saturated rings. The van der Waals surface area contributed by atoms with E-state index in [1.54, 1.807) is 22.8 Å². The van der Waals surface area contributed by atoms with Crippen LogP contribution in [0.4, 0.5) is 14.6 Å². The Hall–Kier alpha value is -4.21. The van der Waals surface area contributed by atoms with Crippen LogP contribution in [0.15, 0.2) is 54.1 Å². The monoisotopic (exact) mass is 450 g/mol. The van der Waals surface area contributed by atoms with Gasteiger partial charge in [0.05, 0.1) is 29.2 Å². The highest BCUT2D eigenvalue weighted by Crippen LogP contribution is 2.38. The highest BCUT2D eigenvalue weighted by atomic mass is 19.1. The smallest absolute Gasteiger partial charge is 0.330 e. The highest BCUT2D eigenvalue weighted by molar-refractivity contribution is 5.86. The van der Waals surface area contributed by atoms with E-state index in [2.05, 4.69) is 16.9 Å². The number of anilines is 1. The number of benzene rings is 2. The van der Waals surface area contributed by atoms with Crippen LogP contribution in [-0.2, 0) is 7.05 Å². The summed E-state index contributed by atoms with van der Waals surface area (Å²) in [5, 5.41) is 11.0. The summed E-state index contributed by atoms with van der Waals surface area (Å²) >= 11 is 0. The van der Waals surface area contributed by atoms with Crippen LogP contribution < -0.4 is 15.7 Å². The van der Waals surface area contributed by atoms with Gasteiger partial charge in [-0.25, -0.2) is 18.6 Å². The lowest BCUT2D eigenvalue weighted by atomic mass is 9.99. The third-order valence-electron chi connectivity index (χ3n) is 5.84. The van der Waals surface area contributed by atoms with Crippen molar-refractivity contribution in [2.75, 3.05) is 11.9 Å². The zero-order chi connectivity index (χ0) is 23.3. The maximum absolute atomic E-state index is 14.8. The second-order valence-electron chi connectivity index (χ2n) is 7.71. The van der Waals surface area contributed by atoms with Gasteiger partial charge in [-0.1, -0.05) is 12.6 Å². The average Bonchev–Trinajstić information content (AvgIpc) is 3.32. The fourth-order valence-electron chi connectivity index (χ4n) is 4.26. The lowest BCUT2D eigenvalue weighted by Crippen LogP contribution is -2.31. The highest BCUT2D eigenvalue weighted by Gasteiger charge is 2.31. The fraction of sp³-hybridized carbons (Fsp3) is 0.174.